The second-order valence-corrected chi connectivity index (χ2v) is 5.65. The summed E-state index contributed by atoms with van der Waals surface area (Å²) in [5.41, 5.74) is 2.35. The van der Waals surface area contributed by atoms with Crippen LogP contribution >= 0.6 is 31.9 Å². The standard InChI is InChI=1S/C9H14Br2N2/c1-6(10)4-5-8-9(11)7(2)12-13(8)3/h6H,4-5H2,1-3H3. The molecule has 0 fully saturated rings. The van der Waals surface area contributed by atoms with E-state index in [1.807, 2.05) is 18.7 Å². The van der Waals surface area contributed by atoms with Gasteiger partial charge in [-0.25, -0.2) is 0 Å². The average Bonchev–Trinajstić information content (AvgIpc) is 2.24. The molecule has 0 saturated heterocycles. The molecule has 4 heteroatoms. The van der Waals surface area contributed by atoms with Gasteiger partial charge in [0.25, 0.3) is 0 Å². The van der Waals surface area contributed by atoms with Crippen molar-refractivity contribution in [2.45, 2.75) is 31.5 Å². The topological polar surface area (TPSA) is 17.8 Å². The molecule has 13 heavy (non-hydrogen) atoms. The number of hydrogen-bond acceptors (Lipinski definition) is 1. The van der Waals surface area contributed by atoms with Gasteiger partial charge in [0.1, 0.15) is 0 Å². The smallest absolute Gasteiger partial charge is 0.0738 e. The zero-order chi connectivity index (χ0) is 10.0. The molecule has 0 saturated carbocycles. The summed E-state index contributed by atoms with van der Waals surface area (Å²) >= 11 is 7.10. The van der Waals surface area contributed by atoms with Crippen LogP contribution in [0.25, 0.3) is 0 Å². The number of nitrogens with zero attached hydrogens (tertiary/aromatic N) is 2. The highest BCUT2D eigenvalue weighted by atomic mass is 79.9. The van der Waals surface area contributed by atoms with E-state index in [1.165, 1.54) is 5.69 Å². The molecule has 0 bridgehead atoms. The minimum absolute atomic E-state index is 0.564. The maximum absolute atomic E-state index is 4.34. The summed E-state index contributed by atoms with van der Waals surface area (Å²) in [5, 5.41) is 4.34. The van der Waals surface area contributed by atoms with Crippen LogP contribution in [0.4, 0.5) is 0 Å². The van der Waals surface area contributed by atoms with Crippen molar-refractivity contribution in [3.63, 3.8) is 0 Å². The quantitative estimate of drug-likeness (QED) is 0.784. The predicted octanol–water partition coefficient (Wildman–Crippen LogP) is 3.21. The molecule has 1 unspecified atom stereocenters. The summed E-state index contributed by atoms with van der Waals surface area (Å²) < 4.78 is 3.11. The lowest BCUT2D eigenvalue weighted by Crippen LogP contribution is -2.01. The Morgan fingerprint density at radius 3 is 2.54 bits per heavy atom. The molecule has 1 heterocycles. The summed E-state index contributed by atoms with van der Waals surface area (Å²) in [7, 11) is 1.99. The molecule has 0 aliphatic heterocycles. The van der Waals surface area contributed by atoms with E-state index >= 15 is 0 Å². The fraction of sp³-hybridized carbons (Fsp3) is 0.667. The summed E-state index contributed by atoms with van der Waals surface area (Å²) in [6, 6.07) is 0. The second kappa shape index (κ2) is 4.60. The third-order valence-electron chi connectivity index (χ3n) is 2.04. The molecule has 0 radical (unpaired) electrons. The van der Waals surface area contributed by atoms with Crippen molar-refractivity contribution in [1.82, 2.24) is 9.78 Å². The Bertz CT molecular complexity index is 292. The Kier molecular flexibility index (Phi) is 3.98. The number of aromatic nitrogens is 2. The van der Waals surface area contributed by atoms with E-state index in [1.54, 1.807) is 0 Å². The van der Waals surface area contributed by atoms with E-state index in [2.05, 4.69) is 43.9 Å². The summed E-state index contributed by atoms with van der Waals surface area (Å²) in [6.07, 6.45) is 2.20. The van der Waals surface area contributed by atoms with Crippen LogP contribution in [0.15, 0.2) is 4.47 Å². The maximum Gasteiger partial charge on any atom is 0.0738 e. The van der Waals surface area contributed by atoms with Crippen molar-refractivity contribution in [2.24, 2.45) is 7.05 Å². The third-order valence-corrected chi connectivity index (χ3v) is 3.53. The third kappa shape index (κ3) is 2.81. The number of alkyl halides is 1. The van der Waals surface area contributed by atoms with Gasteiger partial charge in [-0.15, -0.1) is 0 Å². The van der Waals surface area contributed by atoms with Gasteiger partial charge in [-0.1, -0.05) is 22.9 Å². The van der Waals surface area contributed by atoms with Crippen LogP contribution in [0.1, 0.15) is 24.7 Å². The molecule has 1 rings (SSSR count). The lowest BCUT2D eigenvalue weighted by atomic mass is 10.2. The first-order valence-electron chi connectivity index (χ1n) is 4.34. The van der Waals surface area contributed by atoms with Crippen molar-refractivity contribution in [1.29, 1.82) is 0 Å². The molecule has 0 spiro atoms. The van der Waals surface area contributed by atoms with E-state index in [-0.39, 0.29) is 0 Å². The predicted molar refractivity (Wildman–Crippen MR) is 62.4 cm³/mol. The first-order valence-corrected chi connectivity index (χ1v) is 6.05. The molecule has 0 amide bonds. The highest BCUT2D eigenvalue weighted by Crippen LogP contribution is 2.22. The molecular weight excluding hydrogens is 296 g/mol. The van der Waals surface area contributed by atoms with Gasteiger partial charge in [-0.3, -0.25) is 4.68 Å². The molecule has 0 aliphatic carbocycles. The van der Waals surface area contributed by atoms with Gasteiger partial charge in [0, 0.05) is 11.9 Å². The average molecular weight is 310 g/mol. The molecule has 1 aromatic rings. The van der Waals surface area contributed by atoms with Crippen LogP contribution in [-0.2, 0) is 13.5 Å². The van der Waals surface area contributed by atoms with Gasteiger partial charge in [-0.05, 0) is 35.7 Å². The van der Waals surface area contributed by atoms with Crippen molar-refractivity contribution in [2.75, 3.05) is 0 Å². The minimum atomic E-state index is 0.564. The minimum Gasteiger partial charge on any atom is -0.271 e. The number of aryl methyl sites for hydroxylation is 2. The largest absolute Gasteiger partial charge is 0.271 e. The summed E-state index contributed by atoms with van der Waals surface area (Å²) in [6.45, 7) is 4.18. The number of hydrogen-bond donors (Lipinski definition) is 0. The number of halogens is 2. The van der Waals surface area contributed by atoms with Crippen molar-refractivity contribution in [3.05, 3.63) is 15.9 Å². The Morgan fingerprint density at radius 1 is 1.54 bits per heavy atom. The lowest BCUT2D eigenvalue weighted by molar-refractivity contribution is 0.678. The van der Waals surface area contributed by atoms with Gasteiger partial charge >= 0.3 is 0 Å². The van der Waals surface area contributed by atoms with E-state index in [0.717, 1.165) is 23.0 Å². The van der Waals surface area contributed by atoms with E-state index < -0.39 is 0 Å². The number of rotatable bonds is 3. The van der Waals surface area contributed by atoms with Gasteiger partial charge in [0.15, 0.2) is 0 Å². The van der Waals surface area contributed by atoms with Crippen LogP contribution in [0.2, 0.25) is 0 Å². The fourth-order valence-corrected chi connectivity index (χ4v) is 2.05. The zero-order valence-electron chi connectivity index (χ0n) is 8.14. The first kappa shape index (κ1) is 11.2. The first-order chi connectivity index (χ1) is 6.02. The molecule has 0 aliphatic rings. The van der Waals surface area contributed by atoms with Crippen molar-refractivity contribution in [3.8, 4) is 0 Å². The molecule has 2 nitrogen and oxygen atoms in total. The lowest BCUT2D eigenvalue weighted by Gasteiger charge is -2.04. The Labute approximate surface area is 96.0 Å². The van der Waals surface area contributed by atoms with Gasteiger partial charge in [-0.2, -0.15) is 5.10 Å². The summed E-state index contributed by atoms with van der Waals surface area (Å²) in [5.74, 6) is 0. The van der Waals surface area contributed by atoms with Crippen molar-refractivity contribution >= 4 is 31.9 Å². The summed E-state index contributed by atoms with van der Waals surface area (Å²) in [4.78, 5) is 0.564. The molecular formula is C9H14Br2N2. The van der Waals surface area contributed by atoms with Crippen molar-refractivity contribution < 1.29 is 0 Å². The SMILES string of the molecule is Cc1nn(C)c(CCC(C)Br)c1Br. The Morgan fingerprint density at radius 2 is 2.15 bits per heavy atom. The highest BCUT2D eigenvalue weighted by molar-refractivity contribution is 9.10. The molecule has 74 valence electrons. The monoisotopic (exact) mass is 308 g/mol. The second-order valence-electron chi connectivity index (χ2n) is 3.29. The van der Waals surface area contributed by atoms with E-state index in [0.29, 0.717) is 4.83 Å². The zero-order valence-corrected chi connectivity index (χ0v) is 11.3. The van der Waals surface area contributed by atoms with Gasteiger partial charge < -0.3 is 0 Å². The fourth-order valence-electron chi connectivity index (χ4n) is 1.29. The molecule has 1 aromatic heterocycles. The van der Waals surface area contributed by atoms with Crippen LogP contribution in [0.5, 0.6) is 0 Å². The molecule has 1 atom stereocenters. The van der Waals surface area contributed by atoms with Gasteiger partial charge in [0.05, 0.1) is 15.9 Å². The van der Waals surface area contributed by atoms with E-state index in [9.17, 15) is 0 Å². The normalized spacial score (nSPS) is 13.3. The van der Waals surface area contributed by atoms with E-state index in [4.69, 9.17) is 0 Å². The van der Waals surface area contributed by atoms with Gasteiger partial charge in [0.2, 0.25) is 0 Å². The maximum atomic E-state index is 4.34. The van der Waals surface area contributed by atoms with Crippen LogP contribution in [0, 0.1) is 6.92 Å². The molecule has 0 aromatic carbocycles. The molecule has 0 N–H and O–H groups in total. The Hall–Kier alpha value is 0.170. The Balaban J connectivity index is 2.76. The van der Waals surface area contributed by atoms with Crippen LogP contribution in [0.3, 0.4) is 0 Å². The van der Waals surface area contributed by atoms with Crippen LogP contribution in [-0.4, -0.2) is 14.6 Å². The highest BCUT2D eigenvalue weighted by Gasteiger charge is 2.10. The van der Waals surface area contributed by atoms with Crippen LogP contribution < -0.4 is 0 Å².